The summed E-state index contributed by atoms with van der Waals surface area (Å²) in [6.45, 7) is 3.62. The van der Waals surface area contributed by atoms with E-state index in [-0.39, 0.29) is 16.7 Å². The number of nitrogens with one attached hydrogen (secondary N) is 1. The van der Waals surface area contributed by atoms with Crippen molar-refractivity contribution in [1.29, 1.82) is 0 Å². The molecule has 0 saturated carbocycles. The second kappa shape index (κ2) is 3.98. The number of hydrogen-bond donors (Lipinski definition) is 1. The molecule has 6 heteroatoms. The van der Waals surface area contributed by atoms with Crippen LogP contribution in [0.5, 0.6) is 0 Å². The number of hydrogen-bond acceptors (Lipinski definition) is 4. The Morgan fingerprint density at radius 3 is 3.07 bits per heavy atom. The molecular formula is C9H14N4O2. The van der Waals surface area contributed by atoms with Crippen LogP contribution in [-0.4, -0.2) is 27.8 Å². The van der Waals surface area contributed by atoms with Crippen LogP contribution in [0.4, 0.5) is 5.69 Å². The van der Waals surface area contributed by atoms with Crippen molar-refractivity contribution in [1.82, 2.24) is 15.1 Å². The highest BCUT2D eigenvalue weighted by Crippen LogP contribution is 2.23. The van der Waals surface area contributed by atoms with E-state index in [2.05, 4.69) is 10.4 Å². The van der Waals surface area contributed by atoms with Crippen molar-refractivity contribution in [2.24, 2.45) is 0 Å². The summed E-state index contributed by atoms with van der Waals surface area (Å²) in [5.41, 5.74) is 0.759. The first-order valence-electron chi connectivity index (χ1n) is 5.09. The van der Waals surface area contributed by atoms with Crippen LogP contribution >= 0.6 is 0 Å². The zero-order valence-electron chi connectivity index (χ0n) is 8.64. The monoisotopic (exact) mass is 210 g/mol. The molecule has 0 aromatic carbocycles. The fourth-order valence-corrected chi connectivity index (χ4v) is 2.00. The molecule has 82 valence electrons. The second-order valence-electron chi connectivity index (χ2n) is 3.82. The van der Waals surface area contributed by atoms with Gasteiger partial charge in [-0.05, 0) is 26.3 Å². The highest BCUT2D eigenvalue weighted by molar-refractivity contribution is 5.31. The molecule has 0 unspecified atom stereocenters. The van der Waals surface area contributed by atoms with E-state index in [0.29, 0.717) is 5.69 Å². The molecule has 1 aromatic heterocycles. The second-order valence-corrected chi connectivity index (χ2v) is 3.82. The van der Waals surface area contributed by atoms with Gasteiger partial charge in [0.05, 0.1) is 11.0 Å². The molecule has 6 nitrogen and oxygen atoms in total. The molecular weight excluding hydrogens is 196 g/mol. The Hall–Kier alpha value is -1.43. The van der Waals surface area contributed by atoms with Crippen molar-refractivity contribution in [3.05, 3.63) is 22.0 Å². The largest absolute Gasteiger partial charge is 0.315 e. The molecule has 1 atom stereocenters. The van der Waals surface area contributed by atoms with E-state index in [9.17, 15) is 10.1 Å². The summed E-state index contributed by atoms with van der Waals surface area (Å²) in [5.74, 6) is 0. The Labute approximate surface area is 87.4 Å². The first-order valence-corrected chi connectivity index (χ1v) is 5.09. The zero-order valence-corrected chi connectivity index (χ0v) is 8.64. The van der Waals surface area contributed by atoms with E-state index in [1.165, 1.54) is 6.20 Å². The third-order valence-corrected chi connectivity index (χ3v) is 2.83. The minimum absolute atomic E-state index is 0.112. The summed E-state index contributed by atoms with van der Waals surface area (Å²) < 4.78 is 1.77. The number of piperidine rings is 1. The van der Waals surface area contributed by atoms with Gasteiger partial charge in [-0.15, -0.1) is 0 Å². The summed E-state index contributed by atoms with van der Waals surface area (Å²) in [6.07, 6.45) is 3.47. The van der Waals surface area contributed by atoms with E-state index in [1.54, 1.807) is 11.6 Å². The van der Waals surface area contributed by atoms with Crippen LogP contribution in [0.2, 0.25) is 0 Å². The van der Waals surface area contributed by atoms with Gasteiger partial charge in [-0.25, -0.2) is 0 Å². The zero-order chi connectivity index (χ0) is 10.8. The van der Waals surface area contributed by atoms with Crippen LogP contribution in [0.3, 0.4) is 0 Å². The lowest BCUT2D eigenvalue weighted by atomic mass is 10.1. The quantitative estimate of drug-likeness (QED) is 0.584. The third kappa shape index (κ3) is 1.85. The molecule has 0 radical (unpaired) electrons. The maximum atomic E-state index is 10.7. The van der Waals surface area contributed by atoms with Crippen LogP contribution in [0.25, 0.3) is 0 Å². The summed E-state index contributed by atoms with van der Waals surface area (Å²) in [7, 11) is 0. The third-order valence-electron chi connectivity index (χ3n) is 2.83. The standard InChI is InChI=1S/C9H14N4O2/c1-7-9(13(14)15)6-11-12(7)8-3-2-4-10-5-8/h6,8,10H,2-5H2,1H3/t8-/m1/s1. The molecule has 0 bridgehead atoms. The topological polar surface area (TPSA) is 73.0 Å². The van der Waals surface area contributed by atoms with Gasteiger partial charge < -0.3 is 5.32 Å². The lowest BCUT2D eigenvalue weighted by Crippen LogP contribution is -2.32. The molecule has 1 aromatic rings. The average Bonchev–Trinajstić information content (AvgIpc) is 2.61. The normalized spacial score (nSPS) is 21.5. The average molecular weight is 210 g/mol. The van der Waals surface area contributed by atoms with E-state index in [0.717, 1.165) is 25.9 Å². The Morgan fingerprint density at radius 2 is 2.53 bits per heavy atom. The van der Waals surface area contributed by atoms with Gasteiger partial charge in [0.2, 0.25) is 0 Å². The van der Waals surface area contributed by atoms with Gasteiger partial charge in [0, 0.05) is 6.54 Å². The first-order chi connectivity index (χ1) is 7.20. The minimum atomic E-state index is -0.380. The van der Waals surface area contributed by atoms with Gasteiger partial charge in [-0.1, -0.05) is 0 Å². The van der Waals surface area contributed by atoms with Crippen LogP contribution in [0.1, 0.15) is 24.6 Å². The molecule has 0 aliphatic carbocycles. The number of rotatable bonds is 2. The molecule has 0 amide bonds. The molecule has 2 heterocycles. The lowest BCUT2D eigenvalue weighted by Gasteiger charge is -2.23. The highest BCUT2D eigenvalue weighted by atomic mass is 16.6. The van der Waals surface area contributed by atoms with Crippen molar-refractivity contribution >= 4 is 5.69 Å². The van der Waals surface area contributed by atoms with Gasteiger partial charge >= 0.3 is 5.69 Å². The smallest absolute Gasteiger partial charge is 0.309 e. The van der Waals surface area contributed by atoms with Crippen LogP contribution in [0.15, 0.2) is 6.20 Å². The lowest BCUT2D eigenvalue weighted by molar-refractivity contribution is -0.385. The predicted octanol–water partition coefficient (Wildman–Crippen LogP) is 1.02. The van der Waals surface area contributed by atoms with Crippen molar-refractivity contribution in [2.45, 2.75) is 25.8 Å². The van der Waals surface area contributed by atoms with Gasteiger partial charge in [0.25, 0.3) is 0 Å². The Balaban J connectivity index is 2.24. The molecule has 2 rings (SSSR count). The molecule has 1 fully saturated rings. The highest BCUT2D eigenvalue weighted by Gasteiger charge is 2.22. The van der Waals surface area contributed by atoms with Crippen molar-refractivity contribution in [2.75, 3.05) is 13.1 Å². The summed E-state index contributed by atoms with van der Waals surface area (Å²) >= 11 is 0. The van der Waals surface area contributed by atoms with E-state index >= 15 is 0 Å². The number of nitro groups is 1. The molecule has 15 heavy (non-hydrogen) atoms. The Kier molecular flexibility index (Phi) is 2.68. The van der Waals surface area contributed by atoms with Crippen molar-refractivity contribution < 1.29 is 4.92 Å². The minimum Gasteiger partial charge on any atom is -0.315 e. The van der Waals surface area contributed by atoms with Crippen molar-refractivity contribution in [3.8, 4) is 0 Å². The van der Waals surface area contributed by atoms with Crippen LogP contribution in [-0.2, 0) is 0 Å². The maximum absolute atomic E-state index is 10.7. The Bertz CT molecular complexity index is 368. The summed E-state index contributed by atoms with van der Waals surface area (Å²) in [5, 5.41) is 18.0. The van der Waals surface area contributed by atoms with E-state index < -0.39 is 0 Å². The van der Waals surface area contributed by atoms with Crippen LogP contribution < -0.4 is 5.32 Å². The number of nitrogens with zero attached hydrogens (tertiary/aromatic N) is 3. The Morgan fingerprint density at radius 1 is 1.73 bits per heavy atom. The van der Waals surface area contributed by atoms with Gasteiger partial charge in [-0.3, -0.25) is 14.8 Å². The van der Waals surface area contributed by atoms with Gasteiger partial charge in [0.15, 0.2) is 0 Å². The summed E-state index contributed by atoms with van der Waals surface area (Å²) in [4.78, 5) is 10.3. The van der Waals surface area contributed by atoms with Crippen molar-refractivity contribution in [3.63, 3.8) is 0 Å². The fraction of sp³-hybridized carbons (Fsp3) is 0.667. The molecule has 1 aliphatic rings. The molecule has 0 spiro atoms. The summed E-state index contributed by atoms with van der Waals surface area (Å²) in [6, 6.07) is 0.257. The molecule has 1 N–H and O–H groups in total. The number of aromatic nitrogens is 2. The molecule has 1 aliphatic heterocycles. The van der Waals surface area contributed by atoms with Crippen LogP contribution in [0, 0.1) is 17.0 Å². The van der Waals surface area contributed by atoms with Gasteiger partial charge in [0.1, 0.15) is 11.9 Å². The maximum Gasteiger partial charge on any atom is 0.309 e. The molecule has 1 saturated heterocycles. The van der Waals surface area contributed by atoms with E-state index in [4.69, 9.17) is 0 Å². The van der Waals surface area contributed by atoms with E-state index in [1.807, 2.05) is 0 Å². The predicted molar refractivity (Wildman–Crippen MR) is 54.8 cm³/mol. The van der Waals surface area contributed by atoms with Gasteiger partial charge in [-0.2, -0.15) is 5.10 Å². The SMILES string of the molecule is Cc1c([N+](=O)[O-])cnn1[C@@H]1CCCNC1. The first kappa shape index (κ1) is 10.1. The fourth-order valence-electron chi connectivity index (χ4n) is 2.00.